The monoisotopic (exact) mass is 305 g/mol. The van der Waals surface area contributed by atoms with Crippen LogP contribution < -0.4 is 5.76 Å². The standard InChI is InChI=1S/C16H16ClNO3/c1-3-11-6-8-13(20-11)15(17)10-5-7-12-14(9-10)21-16(19)18(12)4-2/h5-9,15H,3-4H2,1-2H3. The van der Waals surface area contributed by atoms with Crippen molar-refractivity contribution in [1.82, 2.24) is 4.57 Å². The van der Waals surface area contributed by atoms with Crippen molar-refractivity contribution in [2.45, 2.75) is 32.2 Å². The Kier molecular flexibility index (Phi) is 3.64. The molecule has 1 atom stereocenters. The van der Waals surface area contributed by atoms with Crippen LogP contribution in [-0.4, -0.2) is 4.57 Å². The SMILES string of the molecule is CCc1ccc(C(Cl)c2ccc3c(c2)oc(=O)n3CC)o1. The highest BCUT2D eigenvalue weighted by Crippen LogP contribution is 2.32. The number of halogens is 1. The molecule has 0 saturated heterocycles. The molecule has 4 nitrogen and oxygen atoms in total. The van der Waals surface area contributed by atoms with Crippen molar-refractivity contribution < 1.29 is 8.83 Å². The molecule has 0 amide bonds. The van der Waals surface area contributed by atoms with E-state index in [4.69, 9.17) is 20.4 Å². The summed E-state index contributed by atoms with van der Waals surface area (Å²) in [5.74, 6) is 1.26. The molecule has 0 aliphatic rings. The number of aryl methyl sites for hydroxylation is 2. The Morgan fingerprint density at radius 1 is 1.19 bits per heavy atom. The summed E-state index contributed by atoms with van der Waals surface area (Å²) in [4.78, 5) is 11.7. The van der Waals surface area contributed by atoms with Gasteiger partial charge in [-0.15, -0.1) is 11.6 Å². The zero-order valence-corrected chi connectivity index (χ0v) is 12.7. The summed E-state index contributed by atoms with van der Waals surface area (Å²) < 4.78 is 12.5. The number of alkyl halides is 1. The largest absolute Gasteiger partial charge is 0.464 e. The van der Waals surface area contributed by atoms with E-state index in [1.165, 1.54) is 0 Å². The lowest BCUT2D eigenvalue weighted by Gasteiger charge is -2.07. The van der Waals surface area contributed by atoms with Gasteiger partial charge in [-0.2, -0.15) is 0 Å². The maximum Gasteiger partial charge on any atom is 0.419 e. The predicted molar refractivity (Wildman–Crippen MR) is 81.9 cm³/mol. The van der Waals surface area contributed by atoms with Crippen molar-refractivity contribution in [3.8, 4) is 0 Å². The van der Waals surface area contributed by atoms with Gasteiger partial charge in [0.1, 0.15) is 16.9 Å². The third-order valence-corrected chi connectivity index (χ3v) is 4.05. The second-order valence-electron chi connectivity index (χ2n) is 4.86. The minimum Gasteiger partial charge on any atom is -0.464 e. The van der Waals surface area contributed by atoms with Gasteiger partial charge in [-0.05, 0) is 36.8 Å². The highest BCUT2D eigenvalue weighted by molar-refractivity contribution is 6.22. The van der Waals surface area contributed by atoms with E-state index in [2.05, 4.69) is 0 Å². The number of benzene rings is 1. The molecule has 2 aromatic heterocycles. The number of aromatic nitrogens is 1. The molecule has 1 aromatic carbocycles. The number of hydrogen-bond donors (Lipinski definition) is 0. The first-order valence-electron chi connectivity index (χ1n) is 7.00. The van der Waals surface area contributed by atoms with E-state index in [0.717, 1.165) is 23.3 Å². The van der Waals surface area contributed by atoms with Crippen LogP contribution in [0, 0.1) is 0 Å². The number of hydrogen-bond acceptors (Lipinski definition) is 3. The molecule has 0 saturated carbocycles. The minimum atomic E-state index is -0.398. The second-order valence-corrected chi connectivity index (χ2v) is 5.30. The second kappa shape index (κ2) is 5.45. The quantitative estimate of drug-likeness (QED) is 0.682. The number of oxazole rings is 1. The van der Waals surface area contributed by atoms with Gasteiger partial charge in [0, 0.05) is 13.0 Å². The summed E-state index contributed by atoms with van der Waals surface area (Å²) in [6, 6.07) is 9.37. The average Bonchev–Trinajstić information content (AvgIpc) is 3.08. The normalized spacial score (nSPS) is 12.9. The Morgan fingerprint density at radius 3 is 2.67 bits per heavy atom. The fourth-order valence-electron chi connectivity index (χ4n) is 2.43. The lowest BCUT2D eigenvalue weighted by molar-refractivity contribution is 0.474. The molecule has 0 radical (unpaired) electrons. The zero-order valence-electron chi connectivity index (χ0n) is 11.9. The number of nitrogens with zero attached hydrogens (tertiary/aromatic N) is 1. The molecule has 1 unspecified atom stereocenters. The molecule has 21 heavy (non-hydrogen) atoms. The Hall–Kier alpha value is -1.94. The van der Waals surface area contributed by atoms with Gasteiger partial charge in [-0.25, -0.2) is 4.79 Å². The van der Waals surface area contributed by atoms with E-state index in [9.17, 15) is 4.79 Å². The summed E-state index contributed by atoms with van der Waals surface area (Å²) in [7, 11) is 0. The average molecular weight is 306 g/mol. The molecule has 0 aliphatic heterocycles. The van der Waals surface area contributed by atoms with Crippen molar-refractivity contribution in [2.24, 2.45) is 0 Å². The van der Waals surface area contributed by atoms with E-state index >= 15 is 0 Å². The van der Waals surface area contributed by atoms with Crippen LogP contribution >= 0.6 is 11.6 Å². The molecule has 0 N–H and O–H groups in total. The maximum absolute atomic E-state index is 11.7. The van der Waals surface area contributed by atoms with Crippen LogP contribution in [0.25, 0.3) is 11.1 Å². The molecule has 3 aromatic rings. The van der Waals surface area contributed by atoms with Crippen molar-refractivity contribution in [1.29, 1.82) is 0 Å². The van der Waals surface area contributed by atoms with Gasteiger partial charge in [0.2, 0.25) is 0 Å². The van der Waals surface area contributed by atoms with Crippen molar-refractivity contribution in [3.05, 3.63) is 58.0 Å². The highest BCUT2D eigenvalue weighted by Gasteiger charge is 2.17. The first kappa shape index (κ1) is 14.0. The van der Waals surface area contributed by atoms with Crippen molar-refractivity contribution >= 4 is 22.7 Å². The summed E-state index contributed by atoms with van der Waals surface area (Å²) in [5.41, 5.74) is 2.18. The zero-order chi connectivity index (χ0) is 15.0. The first-order chi connectivity index (χ1) is 10.1. The van der Waals surface area contributed by atoms with E-state index in [1.54, 1.807) is 10.6 Å². The van der Waals surface area contributed by atoms with Gasteiger partial charge in [-0.1, -0.05) is 13.0 Å². The van der Waals surface area contributed by atoms with E-state index < -0.39 is 5.38 Å². The number of rotatable bonds is 4. The Bertz CT molecular complexity index is 828. The van der Waals surface area contributed by atoms with Gasteiger partial charge < -0.3 is 8.83 Å². The number of furan rings is 1. The van der Waals surface area contributed by atoms with Gasteiger partial charge in [0.25, 0.3) is 0 Å². The Labute approximate surface area is 126 Å². The van der Waals surface area contributed by atoms with Crippen LogP contribution in [0.5, 0.6) is 0 Å². The van der Waals surface area contributed by atoms with Crippen molar-refractivity contribution in [3.63, 3.8) is 0 Å². The molecule has 0 fully saturated rings. The van der Waals surface area contributed by atoms with Crippen LogP contribution in [0.4, 0.5) is 0 Å². The van der Waals surface area contributed by atoms with Crippen molar-refractivity contribution in [2.75, 3.05) is 0 Å². The highest BCUT2D eigenvalue weighted by atomic mass is 35.5. The Morgan fingerprint density at radius 2 is 2.00 bits per heavy atom. The van der Waals surface area contributed by atoms with Gasteiger partial charge in [-0.3, -0.25) is 4.57 Å². The molecule has 3 rings (SSSR count). The van der Waals surface area contributed by atoms with Crippen LogP contribution in [0.15, 0.2) is 44.0 Å². The van der Waals surface area contributed by atoms with Gasteiger partial charge in [0.05, 0.1) is 5.52 Å². The molecule has 0 bridgehead atoms. The molecule has 5 heteroatoms. The summed E-state index contributed by atoms with van der Waals surface area (Å²) in [6.07, 6.45) is 0.830. The molecule has 0 aliphatic carbocycles. The van der Waals surface area contributed by atoms with Crippen LogP contribution in [0.1, 0.15) is 36.3 Å². The topological polar surface area (TPSA) is 48.3 Å². The third-order valence-electron chi connectivity index (χ3n) is 3.58. The smallest absolute Gasteiger partial charge is 0.419 e. The van der Waals surface area contributed by atoms with Crippen LogP contribution in [0.3, 0.4) is 0 Å². The maximum atomic E-state index is 11.7. The third kappa shape index (κ3) is 2.40. The molecule has 0 spiro atoms. The molecule has 2 heterocycles. The summed E-state index contributed by atoms with van der Waals surface area (Å²) in [6.45, 7) is 4.51. The predicted octanol–water partition coefficient (Wildman–Crippen LogP) is 4.10. The Balaban J connectivity index is 2.02. The van der Waals surface area contributed by atoms with Gasteiger partial charge in [0.15, 0.2) is 5.58 Å². The summed E-state index contributed by atoms with van der Waals surface area (Å²) >= 11 is 6.46. The van der Waals surface area contributed by atoms with Gasteiger partial charge >= 0.3 is 5.76 Å². The van der Waals surface area contributed by atoms with E-state index in [-0.39, 0.29) is 5.76 Å². The molecule has 110 valence electrons. The summed E-state index contributed by atoms with van der Waals surface area (Å²) in [5, 5.41) is -0.398. The fraction of sp³-hybridized carbons (Fsp3) is 0.312. The fourth-order valence-corrected chi connectivity index (χ4v) is 2.68. The molecular weight excluding hydrogens is 290 g/mol. The van der Waals surface area contributed by atoms with Crippen LogP contribution in [0.2, 0.25) is 0 Å². The van der Waals surface area contributed by atoms with E-state index in [0.29, 0.717) is 17.9 Å². The molecular formula is C16H16ClNO3. The van der Waals surface area contributed by atoms with E-state index in [1.807, 2.05) is 38.1 Å². The number of fused-ring (bicyclic) bond motifs is 1. The lowest BCUT2D eigenvalue weighted by Crippen LogP contribution is -2.11. The first-order valence-corrected chi connectivity index (χ1v) is 7.43. The van der Waals surface area contributed by atoms with Crippen LogP contribution in [-0.2, 0) is 13.0 Å². The minimum absolute atomic E-state index is 0.345. The lowest BCUT2D eigenvalue weighted by atomic mass is 10.1.